The third-order valence-corrected chi connectivity index (χ3v) is 5.75. The number of halogens is 1. The minimum atomic E-state index is -0.947. The summed E-state index contributed by atoms with van der Waals surface area (Å²) in [5.74, 6) is 0.911. The SMILES string of the molecule is COC(=O)C(OCCF)c1c(C)ccc(C2CC2)c1-c1ccc2c(c1)CCCO2. The van der Waals surface area contributed by atoms with Crippen molar-refractivity contribution in [3.05, 3.63) is 52.6 Å². The van der Waals surface area contributed by atoms with Gasteiger partial charge in [0.25, 0.3) is 0 Å². The number of esters is 1. The molecule has 0 radical (unpaired) electrons. The van der Waals surface area contributed by atoms with Gasteiger partial charge in [-0.15, -0.1) is 0 Å². The maximum atomic E-state index is 12.9. The van der Waals surface area contributed by atoms with Crippen molar-refractivity contribution in [1.29, 1.82) is 0 Å². The molecule has 4 nitrogen and oxygen atoms in total. The Morgan fingerprint density at radius 3 is 2.83 bits per heavy atom. The second kappa shape index (κ2) is 8.54. The van der Waals surface area contributed by atoms with Crippen molar-refractivity contribution in [2.24, 2.45) is 0 Å². The summed E-state index contributed by atoms with van der Waals surface area (Å²) in [6, 6.07) is 10.4. The molecule has 1 aliphatic carbocycles. The molecule has 5 heteroatoms. The summed E-state index contributed by atoms with van der Waals surface area (Å²) >= 11 is 0. The van der Waals surface area contributed by atoms with E-state index in [0.717, 1.165) is 60.3 Å². The van der Waals surface area contributed by atoms with E-state index in [0.29, 0.717) is 5.92 Å². The second-order valence-electron chi connectivity index (χ2n) is 7.77. The van der Waals surface area contributed by atoms with E-state index in [9.17, 15) is 9.18 Å². The molecule has 1 atom stereocenters. The normalized spacial score (nSPS) is 16.7. The van der Waals surface area contributed by atoms with Gasteiger partial charge in [0.15, 0.2) is 6.10 Å². The van der Waals surface area contributed by atoms with Crippen molar-refractivity contribution in [1.82, 2.24) is 0 Å². The topological polar surface area (TPSA) is 44.8 Å². The quantitative estimate of drug-likeness (QED) is 0.611. The first kappa shape index (κ1) is 19.9. The van der Waals surface area contributed by atoms with E-state index in [2.05, 4.69) is 18.2 Å². The smallest absolute Gasteiger partial charge is 0.339 e. The number of fused-ring (bicyclic) bond motifs is 1. The fraction of sp³-hybridized carbons (Fsp3) is 0.458. The molecule has 4 rings (SSSR count). The molecule has 154 valence electrons. The molecule has 1 heterocycles. The van der Waals surface area contributed by atoms with E-state index in [-0.39, 0.29) is 6.61 Å². The van der Waals surface area contributed by atoms with Gasteiger partial charge in [-0.1, -0.05) is 18.2 Å². The lowest BCUT2D eigenvalue weighted by atomic mass is 9.85. The van der Waals surface area contributed by atoms with Crippen molar-refractivity contribution in [2.75, 3.05) is 27.0 Å². The highest BCUT2D eigenvalue weighted by molar-refractivity contribution is 5.84. The number of hydrogen-bond donors (Lipinski definition) is 0. The van der Waals surface area contributed by atoms with E-state index in [1.54, 1.807) is 0 Å². The van der Waals surface area contributed by atoms with Crippen LogP contribution in [-0.2, 0) is 20.7 Å². The van der Waals surface area contributed by atoms with Crippen molar-refractivity contribution >= 4 is 5.97 Å². The van der Waals surface area contributed by atoms with Gasteiger partial charge in [0.05, 0.1) is 20.3 Å². The van der Waals surface area contributed by atoms with Crippen LogP contribution in [0, 0.1) is 6.92 Å². The van der Waals surface area contributed by atoms with Gasteiger partial charge in [-0.2, -0.15) is 0 Å². The molecule has 2 aromatic carbocycles. The minimum Gasteiger partial charge on any atom is -0.493 e. The van der Waals surface area contributed by atoms with E-state index < -0.39 is 18.7 Å². The Morgan fingerprint density at radius 2 is 2.10 bits per heavy atom. The van der Waals surface area contributed by atoms with Crippen molar-refractivity contribution in [3.8, 4) is 16.9 Å². The van der Waals surface area contributed by atoms with Crippen LogP contribution in [0.15, 0.2) is 30.3 Å². The Morgan fingerprint density at radius 1 is 1.28 bits per heavy atom. The molecule has 0 saturated heterocycles. The van der Waals surface area contributed by atoms with Crippen molar-refractivity contribution in [3.63, 3.8) is 0 Å². The summed E-state index contributed by atoms with van der Waals surface area (Å²) < 4.78 is 29.3. The molecular formula is C24H27FO4. The van der Waals surface area contributed by atoms with Crippen LogP contribution in [0.25, 0.3) is 11.1 Å². The zero-order valence-corrected chi connectivity index (χ0v) is 17.0. The van der Waals surface area contributed by atoms with Crippen LogP contribution in [0.3, 0.4) is 0 Å². The Kier molecular flexibility index (Phi) is 5.86. The third kappa shape index (κ3) is 4.01. The monoisotopic (exact) mass is 398 g/mol. The number of ether oxygens (including phenoxy) is 3. The van der Waals surface area contributed by atoms with Gasteiger partial charge in [0.2, 0.25) is 0 Å². The Labute approximate surface area is 171 Å². The van der Waals surface area contributed by atoms with Crippen LogP contribution in [0.5, 0.6) is 5.75 Å². The van der Waals surface area contributed by atoms with Crippen LogP contribution >= 0.6 is 0 Å². The number of carbonyl (C=O) groups excluding carboxylic acids is 1. The molecule has 0 aromatic heterocycles. The average Bonchev–Trinajstić information content (AvgIpc) is 3.59. The van der Waals surface area contributed by atoms with Crippen LogP contribution in [0.4, 0.5) is 4.39 Å². The van der Waals surface area contributed by atoms with E-state index >= 15 is 0 Å². The van der Waals surface area contributed by atoms with Crippen LogP contribution < -0.4 is 4.74 Å². The van der Waals surface area contributed by atoms with Crippen molar-refractivity contribution in [2.45, 2.75) is 44.6 Å². The highest BCUT2D eigenvalue weighted by Gasteiger charge is 2.33. The van der Waals surface area contributed by atoms with Crippen LogP contribution in [0.2, 0.25) is 0 Å². The van der Waals surface area contributed by atoms with Crippen LogP contribution in [-0.4, -0.2) is 33.0 Å². The largest absolute Gasteiger partial charge is 0.493 e. The first-order valence-corrected chi connectivity index (χ1v) is 10.3. The Hall–Kier alpha value is -2.40. The summed E-state index contributed by atoms with van der Waals surface area (Å²) in [6.45, 7) is 1.91. The average molecular weight is 398 g/mol. The Balaban J connectivity index is 1.89. The summed E-state index contributed by atoms with van der Waals surface area (Å²) in [6.07, 6.45) is 3.30. The summed E-state index contributed by atoms with van der Waals surface area (Å²) in [5, 5.41) is 0. The molecule has 1 aliphatic heterocycles. The first-order chi connectivity index (χ1) is 14.1. The molecule has 2 aromatic rings. The highest BCUT2D eigenvalue weighted by atomic mass is 19.1. The van der Waals surface area contributed by atoms with Crippen molar-refractivity contribution < 1.29 is 23.4 Å². The summed E-state index contributed by atoms with van der Waals surface area (Å²) in [4.78, 5) is 12.6. The predicted octanol–water partition coefficient (Wildman–Crippen LogP) is 5.06. The lowest BCUT2D eigenvalue weighted by molar-refractivity contribution is -0.154. The van der Waals surface area contributed by atoms with Gasteiger partial charge in [0.1, 0.15) is 12.4 Å². The number of methoxy groups -OCH3 is 1. The van der Waals surface area contributed by atoms with Crippen LogP contribution in [0.1, 0.15) is 53.5 Å². The molecule has 1 saturated carbocycles. The lowest BCUT2D eigenvalue weighted by Gasteiger charge is -2.25. The van der Waals surface area contributed by atoms with Gasteiger partial charge in [-0.25, -0.2) is 9.18 Å². The molecule has 2 aliphatic rings. The van der Waals surface area contributed by atoms with Gasteiger partial charge in [-0.05, 0) is 78.5 Å². The van der Waals surface area contributed by atoms with E-state index in [1.807, 2.05) is 19.1 Å². The number of aryl methyl sites for hydroxylation is 2. The van der Waals surface area contributed by atoms with Gasteiger partial charge in [-0.3, -0.25) is 0 Å². The van der Waals surface area contributed by atoms with E-state index in [4.69, 9.17) is 14.2 Å². The Bertz CT molecular complexity index is 904. The zero-order chi connectivity index (χ0) is 20.4. The molecule has 0 amide bonds. The fourth-order valence-corrected chi connectivity index (χ4v) is 4.19. The summed E-state index contributed by atoms with van der Waals surface area (Å²) in [7, 11) is 1.34. The highest BCUT2D eigenvalue weighted by Crippen LogP contribution is 2.48. The lowest BCUT2D eigenvalue weighted by Crippen LogP contribution is -2.21. The van der Waals surface area contributed by atoms with Gasteiger partial charge >= 0.3 is 5.97 Å². The number of rotatable bonds is 7. The number of hydrogen-bond acceptors (Lipinski definition) is 4. The maximum Gasteiger partial charge on any atom is 0.339 e. The number of carbonyl (C=O) groups is 1. The molecule has 29 heavy (non-hydrogen) atoms. The van der Waals surface area contributed by atoms with Gasteiger partial charge in [0, 0.05) is 5.56 Å². The molecule has 1 fully saturated rings. The first-order valence-electron chi connectivity index (χ1n) is 10.3. The van der Waals surface area contributed by atoms with E-state index in [1.165, 1.54) is 18.2 Å². The number of benzene rings is 2. The molecular weight excluding hydrogens is 371 g/mol. The third-order valence-electron chi connectivity index (χ3n) is 5.75. The molecule has 0 bridgehead atoms. The fourth-order valence-electron chi connectivity index (χ4n) is 4.19. The van der Waals surface area contributed by atoms with Gasteiger partial charge < -0.3 is 14.2 Å². The zero-order valence-electron chi connectivity index (χ0n) is 17.0. The molecule has 0 spiro atoms. The predicted molar refractivity (Wildman–Crippen MR) is 109 cm³/mol. The maximum absolute atomic E-state index is 12.9. The number of alkyl halides is 1. The summed E-state index contributed by atoms with van der Waals surface area (Å²) in [5.41, 5.74) is 6.20. The molecule has 0 N–H and O–H groups in total. The molecule has 1 unspecified atom stereocenters. The standard InChI is InChI=1S/C24H27FO4/c1-15-5-9-19(16-6-7-16)22(21(15)23(24(26)27-2)29-13-11-25)18-8-10-20-17(14-18)4-3-12-28-20/h5,8-10,14,16,23H,3-4,6-7,11-13H2,1-2H3. The minimum absolute atomic E-state index is 0.148. The second-order valence-corrected chi connectivity index (χ2v) is 7.77.